The number of aromatic nitrogens is 2. The Balaban J connectivity index is 1.57. The molecule has 152 valence electrons. The van der Waals surface area contributed by atoms with E-state index in [1.807, 2.05) is 21.9 Å². The molecule has 7 heteroatoms. The highest BCUT2D eigenvalue weighted by molar-refractivity contribution is 6.30. The number of nitrogens with zero attached hydrogens (tertiary/aromatic N) is 4. The van der Waals surface area contributed by atoms with Gasteiger partial charge in [-0.05, 0) is 43.2 Å². The highest BCUT2D eigenvalue weighted by atomic mass is 35.5. The maximum Gasteiger partial charge on any atom is 0.272 e. The Hall–Kier alpha value is -2.47. The van der Waals surface area contributed by atoms with Gasteiger partial charge in [-0.25, -0.2) is 9.97 Å². The maximum absolute atomic E-state index is 13.3. The lowest BCUT2D eigenvalue weighted by atomic mass is 9.78. The van der Waals surface area contributed by atoms with E-state index in [0.717, 1.165) is 31.2 Å². The molecule has 2 aliphatic rings. The van der Waals surface area contributed by atoms with E-state index in [2.05, 4.69) is 9.97 Å². The topological polar surface area (TPSA) is 66.4 Å². The lowest BCUT2D eigenvalue weighted by molar-refractivity contribution is -0.141. The molecular formula is C22H25ClN4O2. The van der Waals surface area contributed by atoms with Crippen LogP contribution in [0.15, 0.2) is 36.5 Å². The molecule has 0 atom stereocenters. The van der Waals surface area contributed by atoms with Gasteiger partial charge in [0, 0.05) is 43.3 Å². The standard InChI is InChI=1S/C22H25ClN4O2/c1-16(28)27-14-13-26(15-22(27)10-3-2-4-11-22)21(29)19-9-12-24-20(25-19)17-5-7-18(23)8-6-17/h5-9,12H,2-4,10-11,13-15H2,1H3. The number of hydrogen-bond donors (Lipinski definition) is 0. The number of benzene rings is 1. The van der Waals surface area contributed by atoms with Crippen LogP contribution in [0, 0.1) is 0 Å². The van der Waals surface area contributed by atoms with Crippen LogP contribution in [0.5, 0.6) is 0 Å². The van der Waals surface area contributed by atoms with Gasteiger partial charge in [0.1, 0.15) is 5.69 Å². The van der Waals surface area contributed by atoms with Crippen molar-refractivity contribution in [2.45, 2.75) is 44.6 Å². The number of amides is 2. The molecular weight excluding hydrogens is 388 g/mol. The van der Waals surface area contributed by atoms with Crippen molar-refractivity contribution < 1.29 is 9.59 Å². The van der Waals surface area contributed by atoms with Crippen molar-refractivity contribution in [3.63, 3.8) is 0 Å². The van der Waals surface area contributed by atoms with Crippen LogP contribution in [-0.2, 0) is 4.79 Å². The van der Waals surface area contributed by atoms with Crippen molar-refractivity contribution in [3.05, 3.63) is 47.2 Å². The molecule has 4 rings (SSSR count). The molecule has 1 aliphatic heterocycles. The summed E-state index contributed by atoms with van der Waals surface area (Å²) in [4.78, 5) is 38.2. The quantitative estimate of drug-likeness (QED) is 0.752. The van der Waals surface area contributed by atoms with Gasteiger partial charge < -0.3 is 9.80 Å². The first-order valence-corrected chi connectivity index (χ1v) is 10.5. The summed E-state index contributed by atoms with van der Waals surface area (Å²) in [5, 5.41) is 0.641. The summed E-state index contributed by atoms with van der Waals surface area (Å²) < 4.78 is 0. The largest absolute Gasteiger partial charge is 0.334 e. The zero-order chi connectivity index (χ0) is 20.4. The second kappa shape index (κ2) is 8.11. The molecule has 0 radical (unpaired) electrons. The molecule has 1 saturated heterocycles. The summed E-state index contributed by atoms with van der Waals surface area (Å²) in [7, 11) is 0. The van der Waals surface area contributed by atoms with Gasteiger partial charge in [0.2, 0.25) is 5.91 Å². The first-order chi connectivity index (χ1) is 14.0. The Bertz CT molecular complexity index is 909. The summed E-state index contributed by atoms with van der Waals surface area (Å²) in [5.41, 5.74) is 0.964. The van der Waals surface area contributed by atoms with Crippen LogP contribution in [0.4, 0.5) is 0 Å². The Kier molecular flexibility index (Phi) is 5.54. The smallest absolute Gasteiger partial charge is 0.272 e. The van der Waals surface area contributed by atoms with Crippen molar-refractivity contribution in [2.75, 3.05) is 19.6 Å². The lowest BCUT2D eigenvalue weighted by Gasteiger charge is -2.52. The van der Waals surface area contributed by atoms with Crippen molar-refractivity contribution in [1.29, 1.82) is 0 Å². The lowest BCUT2D eigenvalue weighted by Crippen LogP contribution is -2.65. The van der Waals surface area contributed by atoms with Crippen LogP contribution < -0.4 is 0 Å². The van der Waals surface area contributed by atoms with Crippen LogP contribution in [0.3, 0.4) is 0 Å². The molecule has 6 nitrogen and oxygen atoms in total. The van der Waals surface area contributed by atoms with E-state index >= 15 is 0 Å². The third-order valence-electron chi connectivity index (χ3n) is 6.08. The molecule has 29 heavy (non-hydrogen) atoms. The van der Waals surface area contributed by atoms with Gasteiger partial charge in [-0.2, -0.15) is 0 Å². The molecule has 2 amide bonds. The molecule has 0 unspecified atom stereocenters. The summed E-state index contributed by atoms with van der Waals surface area (Å²) in [6, 6.07) is 8.90. The zero-order valence-corrected chi connectivity index (χ0v) is 17.4. The highest BCUT2D eigenvalue weighted by Gasteiger charge is 2.45. The predicted molar refractivity (Wildman–Crippen MR) is 112 cm³/mol. The number of halogens is 1. The first-order valence-electron chi connectivity index (χ1n) is 10.1. The Morgan fingerprint density at radius 1 is 1.03 bits per heavy atom. The van der Waals surface area contributed by atoms with Crippen molar-refractivity contribution in [2.24, 2.45) is 0 Å². The van der Waals surface area contributed by atoms with Gasteiger partial charge in [0.05, 0.1) is 5.54 Å². The second-order valence-electron chi connectivity index (χ2n) is 7.95. The van der Waals surface area contributed by atoms with Crippen LogP contribution in [0.1, 0.15) is 49.5 Å². The fourth-order valence-corrected chi connectivity index (χ4v) is 4.78. The minimum absolute atomic E-state index is 0.101. The summed E-state index contributed by atoms with van der Waals surface area (Å²) in [6.07, 6.45) is 6.91. The van der Waals surface area contributed by atoms with E-state index in [1.165, 1.54) is 6.42 Å². The molecule has 1 aromatic carbocycles. The minimum Gasteiger partial charge on any atom is -0.334 e. The number of carbonyl (C=O) groups excluding carboxylic acids is 2. The summed E-state index contributed by atoms with van der Waals surface area (Å²) in [5.74, 6) is 0.504. The molecule has 1 spiro atoms. The average Bonchev–Trinajstić information content (AvgIpc) is 2.74. The molecule has 1 aliphatic carbocycles. The van der Waals surface area contributed by atoms with Gasteiger partial charge in [-0.15, -0.1) is 0 Å². The fraction of sp³-hybridized carbons (Fsp3) is 0.455. The molecule has 0 N–H and O–H groups in total. The second-order valence-corrected chi connectivity index (χ2v) is 8.39. The maximum atomic E-state index is 13.3. The predicted octanol–water partition coefficient (Wildman–Crippen LogP) is 3.80. The van der Waals surface area contributed by atoms with Crippen LogP contribution in [0.2, 0.25) is 5.02 Å². The Morgan fingerprint density at radius 3 is 2.45 bits per heavy atom. The number of piperazine rings is 1. The van der Waals surface area contributed by atoms with Crippen LogP contribution in [-0.4, -0.2) is 56.8 Å². The number of hydrogen-bond acceptors (Lipinski definition) is 4. The normalized spacial score (nSPS) is 18.7. The van der Waals surface area contributed by atoms with Crippen molar-refractivity contribution in [3.8, 4) is 11.4 Å². The third kappa shape index (κ3) is 3.99. The average molecular weight is 413 g/mol. The van der Waals surface area contributed by atoms with Crippen LogP contribution >= 0.6 is 11.6 Å². The van der Waals surface area contributed by atoms with Gasteiger partial charge in [0.25, 0.3) is 5.91 Å². The fourth-order valence-electron chi connectivity index (χ4n) is 4.66. The molecule has 1 saturated carbocycles. The SMILES string of the molecule is CC(=O)N1CCN(C(=O)c2ccnc(-c3ccc(Cl)cc3)n2)CC12CCCCC2. The van der Waals surface area contributed by atoms with Gasteiger partial charge in [-0.3, -0.25) is 9.59 Å². The van der Waals surface area contributed by atoms with E-state index in [9.17, 15) is 9.59 Å². The number of rotatable bonds is 2. The Morgan fingerprint density at radius 2 is 1.76 bits per heavy atom. The molecule has 0 bridgehead atoms. The molecule has 2 aromatic rings. The molecule has 2 fully saturated rings. The van der Waals surface area contributed by atoms with E-state index in [1.54, 1.807) is 31.3 Å². The van der Waals surface area contributed by atoms with E-state index in [0.29, 0.717) is 36.2 Å². The van der Waals surface area contributed by atoms with E-state index in [-0.39, 0.29) is 17.4 Å². The minimum atomic E-state index is -0.232. The summed E-state index contributed by atoms with van der Waals surface area (Å²) in [6.45, 7) is 3.32. The first kappa shape index (κ1) is 19.8. The zero-order valence-electron chi connectivity index (χ0n) is 16.6. The van der Waals surface area contributed by atoms with Gasteiger partial charge >= 0.3 is 0 Å². The van der Waals surface area contributed by atoms with Gasteiger partial charge in [0.15, 0.2) is 5.82 Å². The van der Waals surface area contributed by atoms with Gasteiger partial charge in [-0.1, -0.05) is 30.9 Å². The highest BCUT2D eigenvalue weighted by Crippen LogP contribution is 2.37. The Labute approximate surface area is 175 Å². The van der Waals surface area contributed by atoms with E-state index in [4.69, 9.17) is 11.6 Å². The monoisotopic (exact) mass is 412 g/mol. The van der Waals surface area contributed by atoms with Crippen molar-refractivity contribution >= 4 is 23.4 Å². The molecule has 2 heterocycles. The van der Waals surface area contributed by atoms with E-state index < -0.39 is 0 Å². The van der Waals surface area contributed by atoms with Crippen LogP contribution in [0.25, 0.3) is 11.4 Å². The number of carbonyl (C=O) groups is 2. The molecule has 1 aromatic heterocycles. The van der Waals surface area contributed by atoms with Crippen molar-refractivity contribution in [1.82, 2.24) is 19.8 Å². The third-order valence-corrected chi connectivity index (χ3v) is 6.33. The summed E-state index contributed by atoms with van der Waals surface area (Å²) >= 11 is 5.96.